The van der Waals surface area contributed by atoms with Crippen LogP contribution in [0.1, 0.15) is 96.2 Å². The quantitative estimate of drug-likeness (QED) is 0.101. The molecule has 2 unspecified atom stereocenters. The van der Waals surface area contributed by atoms with Gasteiger partial charge >= 0.3 is 12.1 Å². The van der Waals surface area contributed by atoms with Gasteiger partial charge in [0.05, 0.1) is 17.5 Å². The smallest absolute Gasteiger partial charge is 0.408 e. The van der Waals surface area contributed by atoms with E-state index in [-0.39, 0.29) is 31.2 Å². The van der Waals surface area contributed by atoms with Crippen LogP contribution in [-0.4, -0.2) is 80.7 Å². The highest BCUT2D eigenvalue weighted by molar-refractivity contribution is 5.95. The van der Waals surface area contributed by atoms with E-state index in [1.54, 1.807) is 40.1 Å². The van der Waals surface area contributed by atoms with Gasteiger partial charge in [-0.2, -0.15) is 0 Å². The normalized spacial score (nSPS) is 16.1. The minimum absolute atomic E-state index is 0.0692. The van der Waals surface area contributed by atoms with Crippen molar-refractivity contribution in [1.29, 1.82) is 0 Å². The van der Waals surface area contributed by atoms with Crippen LogP contribution in [0, 0.1) is 5.41 Å². The number of nitrogens with zero attached hydrogens (tertiary/aromatic N) is 3. The van der Waals surface area contributed by atoms with E-state index in [2.05, 4.69) is 22.2 Å². The molecular weight excluding hydrogens is 736 g/mol. The van der Waals surface area contributed by atoms with E-state index in [4.69, 9.17) is 14.5 Å². The zero-order chi connectivity index (χ0) is 41.8. The summed E-state index contributed by atoms with van der Waals surface area (Å²) in [4.78, 5) is 43.4. The molecule has 2 amide bonds. The lowest BCUT2D eigenvalue weighted by atomic mass is 9.84. The van der Waals surface area contributed by atoms with Crippen molar-refractivity contribution in [2.75, 3.05) is 20.3 Å². The van der Waals surface area contributed by atoms with Crippen molar-refractivity contribution < 1.29 is 42.9 Å². The molecule has 1 fully saturated rings. The van der Waals surface area contributed by atoms with Gasteiger partial charge in [-0.25, -0.2) is 19.0 Å². The van der Waals surface area contributed by atoms with Gasteiger partial charge in [-0.15, -0.1) is 0 Å². The van der Waals surface area contributed by atoms with Gasteiger partial charge in [-0.3, -0.25) is 19.6 Å². The maximum atomic E-state index is 14.6. The fraction of sp³-hybridized carbons (Fsp3) is 0.488. The average Bonchev–Trinajstić information content (AvgIpc) is 3.47. The van der Waals surface area contributed by atoms with Crippen molar-refractivity contribution in [3.8, 4) is 22.4 Å². The van der Waals surface area contributed by atoms with Gasteiger partial charge in [0.25, 0.3) is 12.3 Å². The zero-order valence-electron chi connectivity index (χ0n) is 34.0. The summed E-state index contributed by atoms with van der Waals surface area (Å²) in [6, 6.07) is 11.9. The number of methoxy groups -OCH3 is 1. The summed E-state index contributed by atoms with van der Waals surface area (Å²) in [6.07, 6.45) is -1.27. The largest absolute Gasteiger partial charge is 0.480 e. The van der Waals surface area contributed by atoms with Crippen LogP contribution in [-0.2, 0) is 38.4 Å². The fourth-order valence-electron chi connectivity index (χ4n) is 7.33. The maximum Gasteiger partial charge on any atom is 0.408 e. The number of aliphatic hydroxyl groups excluding tert-OH is 1. The molecule has 0 bridgehead atoms. The van der Waals surface area contributed by atoms with E-state index in [0.29, 0.717) is 42.5 Å². The van der Waals surface area contributed by atoms with Crippen molar-refractivity contribution in [2.45, 2.75) is 111 Å². The molecule has 0 spiro atoms. The van der Waals surface area contributed by atoms with Crippen LogP contribution < -0.4 is 10.7 Å². The van der Waals surface area contributed by atoms with Crippen LogP contribution in [0.2, 0.25) is 0 Å². The number of hydrogen-bond donors (Lipinski definition) is 4. The molecule has 0 radical (unpaired) electrons. The topological polar surface area (TPSA) is 155 Å². The number of halogens is 2. The van der Waals surface area contributed by atoms with Crippen LogP contribution in [0.4, 0.5) is 13.6 Å². The number of aliphatic hydroxyl groups is 1. The summed E-state index contributed by atoms with van der Waals surface area (Å²) in [5.41, 5.74) is 7.02. The third-order valence-corrected chi connectivity index (χ3v) is 10.2. The van der Waals surface area contributed by atoms with E-state index < -0.39 is 47.5 Å². The Labute approximate surface area is 332 Å². The molecule has 1 aliphatic heterocycles. The molecule has 3 atom stereocenters. The van der Waals surface area contributed by atoms with Crippen LogP contribution in [0.25, 0.3) is 33.3 Å². The van der Waals surface area contributed by atoms with Crippen LogP contribution in [0.15, 0.2) is 54.7 Å². The highest BCUT2D eigenvalue weighted by atomic mass is 19.3. The number of alkyl halides is 2. The summed E-state index contributed by atoms with van der Waals surface area (Å²) in [7, 11) is 1.63. The lowest BCUT2D eigenvalue weighted by Crippen LogP contribution is -2.60. The molecule has 57 heavy (non-hydrogen) atoms. The number of carboxylic acid groups (broad SMARTS) is 1. The monoisotopic (exact) mass is 791 g/mol. The van der Waals surface area contributed by atoms with Crippen LogP contribution in [0.5, 0.6) is 0 Å². The molecule has 0 aliphatic carbocycles. The molecular formula is C43H55F2N5O7. The first-order valence-corrected chi connectivity index (χ1v) is 19.3. The van der Waals surface area contributed by atoms with Gasteiger partial charge in [0.15, 0.2) is 0 Å². The third kappa shape index (κ3) is 10.2. The van der Waals surface area contributed by atoms with Crippen molar-refractivity contribution in [1.82, 2.24) is 25.3 Å². The van der Waals surface area contributed by atoms with E-state index in [1.165, 1.54) is 17.1 Å². The second-order valence-corrected chi connectivity index (χ2v) is 16.4. The molecule has 2 aromatic carbocycles. The number of ether oxygens (including phenoxy) is 2. The Morgan fingerprint density at radius 2 is 1.81 bits per heavy atom. The number of fused-ring (bicyclic) bond motifs is 1. The molecule has 0 saturated carbocycles. The third-order valence-electron chi connectivity index (χ3n) is 10.2. The van der Waals surface area contributed by atoms with Crippen LogP contribution >= 0.6 is 0 Å². The summed E-state index contributed by atoms with van der Waals surface area (Å²) >= 11 is 0. The number of carboxylic acids is 1. The first kappa shape index (κ1) is 43.2. The zero-order valence-corrected chi connectivity index (χ0v) is 34.0. The van der Waals surface area contributed by atoms with E-state index in [9.17, 15) is 33.4 Å². The molecule has 3 heterocycles. The predicted molar refractivity (Wildman–Crippen MR) is 214 cm³/mol. The SMILES string of the molecule is CCn1c(-c2cccnc2C(C)OC)c(CC(C)(C)CO)c2cc(-c3cc(CC(NC(=O)OC(C)(C)C)C(=O)N4CCC[C@@H](C(=O)O)N4)cc(C(F)F)c3)ccc21. The molecule has 14 heteroatoms. The van der Waals surface area contributed by atoms with Gasteiger partial charge < -0.3 is 29.6 Å². The summed E-state index contributed by atoms with van der Waals surface area (Å²) < 4.78 is 42.6. The molecule has 1 aliphatic rings. The molecule has 308 valence electrons. The number of aromatic nitrogens is 2. The number of aryl methyl sites for hydroxylation is 1. The summed E-state index contributed by atoms with van der Waals surface area (Å²) in [5, 5.41) is 24.7. The first-order valence-electron chi connectivity index (χ1n) is 19.3. The van der Waals surface area contributed by atoms with Gasteiger partial charge in [0, 0.05) is 61.5 Å². The minimum Gasteiger partial charge on any atom is -0.480 e. The van der Waals surface area contributed by atoms with Crippen molar-refractivity contribution in [2.24, 2.45) is 5.41 Å². The van der Waals surface area contributed by atoms with Crippen molar-refractivity contribution in [3.63, 3.8) is 0 Å². The second-order valence-electron chi connectivity index (χ2n) is 16.4. The number of alkyl carbamates (subject to hydrolysis) is 1. The number of nitrogens with one attached hydrogen (secondary N) is 2. The Morgan fingerprint density at radius 1 is 1.07 bits per heavy atom. The number of benzene rings is 2. The predicted octanol–water partition coefficient (Wildman–Crippen LogP) is 7.61. The molecule has 5 rings (SSSR count). The van der Waals surface area contributed by atoms with E-state index >= 15 is 0 Å². The Kier molecular flexibility index (Phi) is 13.4. The number of rotatable bonds is 14. The van der Waals surface area contributed by atoms with E-state index in [1.807, 2.05) is 51.1 Å². The van der Waals surface area contributed by atoms with Gasteiger partial charge in [-0.05, 0) is 112 Å². The Hall–Kier alpha value is -4.92. The standard InChI is InChI=1S/C43H55F2N5O7/c1-9-49-35-15-14-27(22-31(35)32(23-43(6,7)24-51)37(49)30-12-10-16-46-36(30)25(2)56-8)28-18-26(19-29(21-28)38(44)45)20-34(47-41(55)57-42(3,4)5)39(52)50-17-11-13-33(48-50)40(53)54/h10,12,14-16,18-19,21-22,25,33-34,38,48,51H,9,11,13,17,20,23-24H2,1-8H3,(H,47,55)(H,53,54)/t25?,33-,34?/m0/s1. The fourth-order valence-corrected chi connectivity index (χ4v) is 7.33. The maximum absolute atomic E-state index is 14.6. The average molecular weight is 792 g/mol. The highest BCUT2D eigenvalue weighted by Crippen LogP contribution is 2.42. The molecule has 1 saturated heterocycles. The number of amides is 2. The lowest BCUT2D eigenvalue weighted by Gasteiger charge is -2.34. The second kappa shape index (κ2) is 17.7. The summed E-state index contributed by atoms with van der Waals surface area (Å²) in [5.74, 6) is -1.75. The summed E-state index contributed by atoms with van der Waals surface area (Å²) in [6.45, 7) is 13.7. The number of hydrogen-bond acceptors (Lipinski definition) is 8. The van der Waals surface area contributed by atoms with Crippen molar-refractivity contribution >= 4 is 28.9 Å². The van der Waals surface area contributed by atoms with Gasteiger partial charge in [0.1, 0.15) is 17.7 Å². The first-order chi connectivity index (χ1) is 26.9. The Bertz CT molecular complexity index is 2090. The van der Waals surface area contributed by atoms with Gasteiger partial charge in [0.2, 0.25) is 0 Å². The van der Waals surface area contributed by atoms with E-state index in [0.717, 1.165) is 33.4 Å². The van der Waals surface area contributed by atoms with Crippen LogP contribution in [0.3, 0.4) is 0 Å². The van der Waals surface area contributed by atoms with Crippen molar-refractivity contribution in [3.05, 3.63) is 77.1 Å². The Balaban J connectivity index is 1.64. The van der Waals surface area contributed by atoms with Gasteiger partial charge in [-0.1, -0.05) is 32.0 Å². The number of aliphatic carboxylic acids is 1. The molecule has 4 N–H and O–H groups in total. The Morgan fingerprint density at radius 3 is 2.44 bits per heavy atom. The number of carbonyl (C=O) groups excluding carboxylic acids is 2. The number of carbonyl (C=O) groups is 3. The lowest BCUT2D eigenvalue weighted by molar-refractivity contribution is -0.147. The number of pyridine rings is 1. The molecule has 4 aromatic rings. The molecule has 2 aromatic heterocycles. The molecule has 12 nitrogen and oxygen atoms in total. The highest BCUT2D eigenvalue weighted by Gasteiger charge is 2.34. The minimum atomic E-state index is -2.85. The number of hydrazine groups is 1.